The molecule has 1 aromatic heterocycles. The summed E-state index contributed by atoms with van der Waals surface area (Å²) in [4.78, 5) is 30.2. The van der Waals surface area contributed by atoms with E-state index in [1.165, 1.54) is 0 Å². The van der Waals surface area contributed by atoms with Crippen molar-refractivity contribution in [1.82, 2.24) is 20.5 Å². The normalized spacial score (nSPS) is 19.1. The average Bonchev–Trinajstić information content (AvgIpc) is 2.87. The van der Waals surface area contributed by atoms with Gasteiger partial charge in [-0.3, -0.25) is 14.6 Å². The number of rotatable bonds is 8. The zero-order chi connectivity index (χ0) is 16.7. The maximum absolute atomic E-state index is 12.4. The van der Waals surface area contributed by atoms with E-state index in [9.17, 15) is 9.59 Å². The third-order valence-electron chi connectivity index (χ3n) is 4.03. The monoisotopic (exact) mass is 392 g/mol. The summed E-state index contributed by atoms with van der Waals surface area (Å²) >= 11 is 0. The van der Waals surface area contributed by atoms with E-state index in [2.05, 4.69) is 15.6 Å². The number of nitrogens with zero attached hydrogens (tertiary/aromatic N) is 2. The Balaban J connectivity index is 0.00000288. The Morgan fingerprint density at radius 2 is 2.12 bits per heavy atom. The highest BCUT2D eigenvalue weighted by Crippen LogP contribution is 2.36. The number of hydrogen-bond acceptors (Lipinski definition) is 5. The van der Waals surface area contributed by atoms with Gasteiger partial charge in [0.25, 0.3) is 0 Å². The minimum absolute atomic E-state index is 0. The molecule has 142 valence electrons. The van der Waals surface area contributed by atoms with E-state index in [1.54, 1.807) is 31.5 Å². The quantitative estimate of drug-likeness (QED) is 0.639. The molecule has 2 rings (SSSR count). The summed E-state index contributed by atoms with van der Waals surface area (Å²) < 4.78 is 4.94. The molecule has 1 aromatic rings. The molecule has 1 aliphatic heterocycles. The second-order valence-corrected chi connectivity index (χ2v) is 5.58. The Hall–Kier alpha value is -1.41. The van der Waals surface area contributed by atoms with E-state index in [0.29, 0.717) is 19.7 Å². The van der Waals surface area contributed by atoms with Gasteiger partial charge in [-0.15, -0.1) is 24.8 Å². The number of ether oxygens (including phenoxy) is 1. The Kier molecular flexibility index (Phi) is 11.3. The lowest BCUT2D eigenvalue weighted by atomic mass is 9.94. The van der Waals surface area contributed by atoms with Crippen LogP contribution in [0.15, 0.2) is 24.5 Å². The number of halogens is 2. The van der Waals surface area contributed by atoms with Crippen LogP contribution < -0.4 is 10.6 Å². The van der Waals surface area contributed by atoms with Crippen LogP contribution in [0.1, 0.15) is 18.0 Å². The van der Waals surface area contributed by atoms with Gasteiger partial charge in [-0.05, 0) is 11.6 Å². The highest BCUT2D eigenvalue weighted by molar-refractivity contribution is 5.90. The SMILES string of the molecule is COCCNCCNC(=O)C1CC(=O)N(C)C1c1cccnc1.Cl.Cl. The predicted octanol–water partition coefficient (Wildman–Crippen LogP) is 0.797. The minimum Gasteiger partial charge on any atom is -0.383 e. The second-order valence-electron chi connectivity index (χ2n) is 5.58. The molecular weight excluding hydrogens is 367 g/mol. The van der Waals surface area contributed by atoms with E-state index < -0.39 is 0 Å². The van der Waals surface area contributed by atoms with Gasteiger partial charge in [0.05, 0.1) is 18.6 Å². The number of methoxy groups -OCH3 is 1. The highest BCUT2D eigenvalue weighted by Gasteiger charge is 2.42. The number of aromatic nitrogens is 1. The van der Waals surface area contributed by atoms with Crippen molar-refractivity contribution < 1.29 is 14.3 Å². The van der Waals surface area contributed by atoms with Gasteiger partial charge in [-0.1, -0.05) is 6.07 Å². The van der Waals surface area contributed by atoms with E-state index >= 15 is 0 Å². The average molecular weight is 393 g/mol. The van der Waals surface area contributed by atoms with Gasteiger partial charge < -0.3 is 20.3 Å². The van der Waals surface area contributed by atoms with Crippen molar-refractivity contribution in [2.75, 3.05) is 40.4 Å². The number of hydrogen-bond donors (Lipinski definition) is 2. The van der Waals surface area contributed by atoms with Gasteiger partial charge in [0.1, 0.15) is 0 Å². The van der Waals surface area contributed by atoms with Crippen molar-refractivity contribution in [3.05, 3.63) is 30.1 Å². The molecule has 0 radical (unpaired) electrons. The van der Waals surface area contributed by atoms with Crippen LogP contribution >= 0.6 is 24.8 Å². The lowest BCUT2D eigenvalue weighted by Gasteiger charge is -2.24. The summed E-state index contributed by atoms with van der Waals surface area (Å²) in [6.45, 7) is 2.58. The fourth-order valence-corrected chi connectivity index (χ4v) is 2.82. The number of nitrogens with one attached hydrogen (secondary N) is 2. The summed E-state index contributed by atoms with van der Waals surface area (Å²) in [6, 6.07) is 3.47. The molecule has 2 N–H and O–H groups in total. The van der Waals surface area contributed by atoms with Crippen LogP contribution in [0.3, 0.4) is 0 Å². The molecule has 0 aromatic carbocycles. The number of carbonyl (C=O) groups excluding carboxylic acids is 2. The Morgan fingerprint density at radius 1 is 1.36 bits per heavy atom. The predicted molar refractivity (Wildman–Crippen MR) is 100 cm³/mol. The van der Waals surface area contributed by atoms with Crippen molar-refractivity contribution in [1.29, 1.82) is 0 Å². The molecule has 2 atom stereocenters. The van der Waals surface area contributed by atoms with Gasteiger partial charge in [0.2, 0.25) is 11.8 Å². The number of likely N-dealkylation sites (tertiary alicyclic amines) is 1. The molecule has 25 heavy (non-hydrogen) atoms. The van der Waals surface area contributed by atoms with Crippen molar-refractivity contribution in [3.63, 3.8) is 0 Å². The lowest BCUT2D eigenvalue weighted by molar-refractivity contribution is -0.128. The lowest BCUT2D eigenvalue weighted by Crippen LogP contribution is -2.38. The minimum atomic E-state index is -0.379. The smallest absolute Gasteiger partial charge is 0.226 e. The fraction of sp³-hybridized carbons (Fsp3) is 0.562. The van der Waals surface area contributed by atoms with Gasteiger partial charge in [-0.25, -0.2) is 0 Å². The molecule has 0 spiro atoms. The standard InChI is InChI=1S/C16H24N4O3.2ClH/c1-20-14(21)10-13(15(20)12-4-3-5-18-11-12)16(22)19-7-6-17-8-9-23-2;;/h3-5,11,13,15,17H,6-10H2,1-2H3,(H,19,22);2*1H. The number of carbonyl (C=O) groups is 2. The number of pyridine rings is 1. The number of amides is 2. The largest absolute Gasteiger partial charge is 0.383 e. The molecular formula is C16H26Cl2N4O3. The highest BCUT2D eigenvalue weighted by atomic mass is 35.5. The fourth-order valence-electron chi connectivity index (χ4n) is 2.82. The topological polar surface area (TPSA) is 83.6 Å². The zero-order valence-corrected chi connectivity index (χ0v) is 16.1. The van der Waals surface area contributed by atoms with E-state index in [-0.39, 0.29) is 55.0 Å². The van der Waals surface area contributed by atoms with Crippen molar-refractivity contribution in [2.45, 2.75) is 12.5 Å². The third-order valence-corrected chi connectivity index (χ3v) is 4.03. The molecule has 0 bridgehead atoms. The first kappa shape index (κ1) is 23.6. The van der Waals surface area contributed by atoms with E-state index in [4.69, 9.17) is 4.74 Å². The summed E-state index contributed by atoms with van der Waals surface area (Å²) in [5.41, 5.74) is 0.888. The Morgan fingerprint density at radius 3 is 2.76 bits per heavy atom. The van der Waals surface area contributed by atoms with E-state index in [0.717, 1.165) is 12.1 Å². The molecule has 2 heterocycles. The molecule has 9 heteroatoms. The molecule has 1 fully saturated rings. The van der Waals surface area contributed by atoms with Crippen LogP contribution in [-0.2, 0) is 14.3 Å². The van der Waals surface area contributed by atoms with Crippen molar-refractivity contribution in [2.24, 2.45) is 5.92 Å². The summed E-state index contributed by atoms with van der Waals surface area (Å²) in [6.07, 6.45) is 3.63. The molecule has 0 aliphatic carbocycles. The van der Waals surface area contributed by atoms with E-state index in [1.807, 2.05) is 12.1 Å². The first-order valence-corrected chi connectivity index (χ1v) is 7.78. The first-order valence-electron chi connectivity index (χ1n) is 7.78. The zero-order valence-electron chi connectivity index (χ0n) is 14.4. The van der Waals surface area contributed by atoms with Gasteiger partial charge in [-0.2, -0.15) is 0 Å². The molecule has 2 unspecified atom stereocenters. The molecule has 1 aliphatic rings. The van der Waals surface area contributed by atoms with Crippen LogP contribution in [0.25, 0.3) is 0 Å². The third kappa shape index (κ3) is 6.43. The summed E-state index contributed by atoms with van der Waals surface area (Å²) in [5.74, 6) is -0.488. The van der Waals surface area contributed by atoms with Crippen molar-refractivity contribution >= 4 is 36.6 Å². The second kappa shape index (κ2) is 12.0. The van der Waals surface area contributed by atoms with Crippen LogP contribution in [0.4, 0.5) is 0 Å². The summed E-state index contributed by atoms with van der Waals surface area (Å²) in [5, 5.41) is 6.07. The molecule has 7 nitrogen and oxygen atoms in total. The summed E-state index contributed by atoms with van der Waals surface area (Å²) in [7, 11) is 3.38. The van der Waals surface area contributed by atoms with Crippen LogP contribution in [0.5, 0.6) is 0 Å². The van der Waals surface area contributed by atoms with Gasteiger partial charge in [0.15, 0.2) is 0 Å². The molecule has 2 amide bonds. The Bertz CT molecular complexity index is 533. The van der Waals surface area contributed by atoms with Gasteiger partial charge >= 0.3 is 0 Å². The van der Waals surface area contributed by atoms with Crippen LogP contribution in [-0.4, -0.2) is 62.1 Å². The van der Waals surface area contributed by atoms with Crippen LogP contribution in [0, 0.1) is 5.92 Å². The molecule has 1 saturated heterocycles. The van der Waals surface area contributed by atoms with Crippen LogP contribution in [0.2, 0.25) is 0 Å². The maximum Gasteiger partial charge on any atom is 0.226 e. The Labute approximate surface area is 160 Å². The maximum atomic E-state index is 12.4. The first-order chi connectivity index (χ1) is 11.1. The van der Waals surface area contributed by atoms with Crippen molar-refractivity contribution in [3.8, 4) is 0 Å². The molecule has 0 saturated carbocycles. The van der Waals surface area contributed by atoms with Gasteiger partial charge in [0, 0.05) is 52.6 Å².